The lowest BCUT2D eigenvalue weighted by atomic mass is 10.1. The number of anilines is 1. The summed E-state index contributed by atoms with van der Waals surface area (Å²) in [5.74, 6) is -0.731. The molecule has 1 N–H and O–H groups in total. The van der Waals surface area contributed by atoms with Crippen molar-refractivity contribution in [3.63, 3.8) is 0 Å². The highest BCUT2D eigenvalue weighted by Crippen LogP contribution is 2.27. The third-order valence-corrected chi connectivity index (χ3v) is 5.24. The van der Waals surface area contributed by atoms with Crippen molar-refractivity contribution in [2.24, 2.45) is 0 Å². The Morgan fingerprint density at radius 3 is 2.40 bits per heavy atom. The maximum absolute atomic E-state index is 12.7. The lowest BCUT2D eigenvalue weighted by molar-refractivity contribution is -0.384. The fraction of sp³-hybridized carbons (Fsp3) is 0.0800. The molecule has 3 rings (SSSR count). The molecule has 176 valence electrons. The van der Waals surface area contributed by atoms with E-state index in [9.17, 15) is 25.0 Å². The fourth-order valence-corrected chi connectivity index (χ4v) is 3.33. The molecule has 3 aromatic carbocycles. The average molecular weight is 536 g/mol. The first kappa shape index (κ1) is 25.1. The van der Waals surface area contributed by atoms with Crippen LogP contribution in [-0.2, 0) is 16.1 Å². The molecule has 0 aromatic heterocycles. The quantitative estimate of drug-likeness (QED) is 0.136. The van der Waals surface area contributed by atoms with Crippen LogP contribution in [-0.4, -0.2) is 23.9 Å². The molecule has 0 aliphatic rings. The zero-order chi connectivity index (χ0) is 25.4. The number of amides is 1. The zero-order valence-electron chi connectivity index (χ0n) is 18.4. The molecule has 0 bridgehead atoms. The van der Waals surface area contributed by atoms with E-state index < -0.39 is 16.8 Å². The van der Waals surface area contributed by atoms with Crippen LogP contribution in [0.3, 0.4) is 0 Å². The van der Waals surface area contributed by atoms with Crippen molar-refractivity contribution in [2.45, 2.75) is 6.61 Å². The van der Waals surface area contributed by atoms with Crippen molar-refractivity contribution < 1.29 is 24.0 Å². The second-order valence-electron chi connectivity index (χ2n) is 7.09. The molecule has 0 spiro atoms. The van der Waals surface area contributed by atoms with Crippen molar-refractivity contribution in [1.82, 2.24) is 0 Å². The van der Waals surface area contributed by atoms with Crippen LogP contribution in [0.4, 0.5) is 11.4 Å². The number of nitro benzene ring substituents is 1. The third-order valence-electron chi connectivity index (χ3n) is 4.74. The Bertz CT molecular complexity index is 1330. The van der Waals surface area contributed by atoms with E-state index in [0.29, 0.717) is 32.6 Å². The van der Waals surface area contributed by atoms with Gasteiger partial charge in [-0.1, -0.05) is 15.9 Å². The molecule has 3 aromatic rings. The van der Waals surface area contributed by atoms with Gasteiger partial charge in [-0.25, -0.2) is 4.79 Å². The Hall–Kier alpha value is -4.49. The topological polar surface area (TPSA) is 132 Å². The first-order chi connectivity index (χ1) is 16.8. The number of esters is 1. The molecular weight excluding hydrogens is 518 g/mol. The van der Waals surface area contributed by atoms with E-state index in [1.807, 2.05) is 6.07 Å². The van der Waals surface area contributed by atoms with Gasteiger partial charge in [0.15, 0.2) is 0 Å². The van der Waals surface area contributed by atoms with Gasteiger partial charge in [-0.2, -0.15) is 5.26 Å². The number of benzene rings is 3. The standard InChI is InChI=1S/C25H18BrN3O6/c1-34-25(31)17-4-7-21(8-5-17)28-24(30)19(14-27)12-18-13-20(26)6-11-23(18)35-15-16-2-9-22(10-3-16)29(32)33/h2-13H,15H2,1H3,(H,28,30)/b19-12+. The van der Waals surface area contributed by atoms with Gasteiger partial charge in [-0.05, 0) is 66.2 Å². The van der Waals surface area contributed by atoms with Gasteiger partial charge in [0.1, 0.15) is 24.0 Å². The Kier molecular flexibility index (Phi) is 8.32. The van der Waals surface area contributed by atoms with Crippen molar-refractivity contribution in [3.05, 3.63) is 104 Å². The first-order valence-electron chi connectivity index (χ1n) is 10.1. The summed E-state index contributed by atoms with van der Waals surface area (Å²) in [7, 11) is 1.27. The molecule has 0 saturated heterocycles. The van der Waals surface area contributed by atoms with Crippen LogP contribution in [0.2, 0.25) is 0 Å². The Morgan fingerprint density at radius 2 is 1.80 bits per heavy atom. The molecule has 0 radical (unpaired) electrons. The highest BCUT2D eigenvalue weighted by Gasteiger charge is 2.13. The highest BCUT2D eigenvalue weighted by atomic mass is 79.9. The largest absolute Gasteiger partial charge is 0.488 e. The molecule has 9 nitrogen and oxygen atoms in total. The van der Waals surface area contributed by atoms with E-state index in [4.69, 9.17) is 4.74 Å². The summed E-state index contributed by atoms with van der Waals surface area (Å²) in [6, 6.07) is 19.0. The number of rotatable bonds is 8. The van der Waals surface area contributed by atoms with Crippen LogP contribution in [0.5, 0.6) is 5.75 Å². The van der Waals surface area contributed by atoms with E-state index in [2.05, 4.69) is 26.0 Å². The lowest BCUT2D eigenvalue weighted by Crippen LogP contribution is -2.13. The number of nitrogens with one attached hydrogen (secondary N) is 1. The number of methoxy groups -OCH3 is 1. The summed E-state index contributed by atoms with van der Waals surface area (Å²) >= 11 is 3.37. The van der Waals surface area contributed by atoms with Gasteiger partial charge >= 0.3 is 5.97 Å². The van der Waals surface area contributed by atoms with E-state index in [-0.39, 0.29) is 17.9 Å². The third kappa shape index (κ3) is 6.75. The number of carbonyl (C=O) groups excluding carboxylic acids is 2. The van der Waals surface area contributed by atoms with Crippen molar-refractivity contribution in [2.75, 3.05) is 12.4 Å². The lowest BCUT2D eigenvalue weighted by Gasteiger charge is -2.11. The number of carbonyl (C=O) groups is 2. The number of nitro groups is 1. The summed E-state index contributed by atoms with van der Waals surface area (Å²) in [5, 5.41) is 23.0. The van der Waals surface area contributed by atoms with Crippen molar-refractivity contribution in [3.8, 4) is 11.8 Å². The van der Waals surface area contributed by atoms with Gasteiger partial charge < -0.3 is 14.8 Å². The van der Waals surface area contributed by atoms with Crippen LogP contribution in [0.15, 0.2) is 76.8 Å². The Morgan fingerprint density at radius 1 is 1.11 bits per heavy atom. The molecule has 35 heavy (non-hydrogen) atoms. The van der Waals surface area contributed by atoms with Gasteiger partial charge in [0, 0.05) is 27.9 Å². The van der Waals surface area contributed by atoms with Crippen LogP contribution in [0, 0.1) is 21.4 Å². The fourth-order valence-electron chi connectivity index (χ4n) is 2.95. The molecule has 0 saturated carbocycles. The SMILES string of the molecule is COC(=O)c1ccc(NC(=O)/C(C#N)=C/c2cc(Br)ccc2OCc2ccc([N+](=O)[O-])cc2)cc1. The predicted molar refractivity (Wildman–Crippen MR) is 132 cm³/mol. The van der Waals surface area contributed by atoms with E-state index in [0.717, 1.165) is 0 Å². The summed E-state index contributed by atoms with van der Waals surface area (Å²) < 4.78 is 11.2. The minimum atomic E-state index is -0.639. The highest BCUT2D eigenvalue weighted by molar-refractivity contribution is 9.10. The molecule has 10 heteroatoms. The minimum absolute atomic E-state index is 0.0226. The average Bonchev–Trinajstić information content (AvgIpc) is 2.86. The predicted octanol–water partition coefficient (Wildman–Crippen LogP) is 5.27. The van der Waals surface area contributed by atoms with Crippen molar-refractivity contribution >= 4 is 45.3 Å². The minimum Gasteiger partial charge on any atom is -0.488 e. The van der Waals surface area contributed by atoms with E-state index in [1.54, 1.807) is 30.3 Å². The van der Waals surface area contributed by atoms with Gasteiger partial charge in [0.05, 0.1) is 17.6 Å². The van der Waals surface area contributed by atoms with E-state index >= 15 is 0 Å². The smallest absolute Gasteiger partial charge is 0.337 e. The molecule has 0 aliphatic carbocycles. The molecule has 0 fully saturated rings. The van der Waals surface area contributed by atoms with Gasteiger partial charge in [0.2, 0.25) is 0 Å². The number of hydrogen-bond acceptors (Lipinski definition) is 7. The number of hydrogen-bond donors (Lipinski definition) is 1. The van der Waals surface area contributed by atoms with Gasteiger partial charge in [0.25, 0.3) is 11.6 Å². The second-order valence-corrected chi connectivity index (χ2v) is 8.00. The molecule has 1 amide bonds. The number of nitrogens with zero attached hydrogens (tertiary/aromatic N) is 2. The molecular formula is C25H18BrN3O6. The normalized spacial score (nSPS) is 10.7. The van der Waals surface area contributed by atoms with Gasteiger partial charge in [-0.15, -0.1) is 0 Å². The van der Waals surface area contributed by atoms with Crippen LogP contribution < -0.4 is 10.1 Å². The van der Waals surface area contributed by atoms with Gasteiger partial charge in [-0.3, -0.25) is 14.9 Å². The van der Waals surface area contributed by atoms with Crippen LogP contribution in [0.1, 0.15) is 21.5 Å². The molecule has 0 heterocycles. The number of ether oxygens (including phenoxy) is 2. The summed E-state index contributed by atoms with van der Waals surface area (Å²) in [4.78, 5) is 34.6. The molecule has 0 atom stereocenters. The molecule has 0 aliphatic heterocycles. The van der Waals surface area contributed by atoms with Crippen molar-refractivity contribution in [1.29, 1.82) is 5.26 Å². The monoisotopic (exact) mass is 535 g/mol. The summed E-state index contributed by atoms with van der Waals surface area (Å²) in [6.45, 7) is 0.126. The number of halogens is 1. The summed E-state index contributed by atoms with van der Waals surface area (Å²) in [5.41, 5.74) is 1.72. The maximum atomic E-state index is 12.7. The Balaban J connectivity index is 1.77. The van der Waals surface area contributed by atoms with Crippen LogP contribution in [0.25, 0.3) is 6.08 Å². The maximum Gasteiger partial charge on any atom is 0.337 e. The second kappa shape index (κ2) is 11.6. The molecule has 0 unspecified atom stereocenters. The number of nitriles is 1. The Labute approximate surface area is 208 Å². The van der Waals surface area contributed by atoms with Crippen LogP contribution >= 0.6 is 15.9 Å². The zero-order valence-corrected chi connectivity index (χ0v) is 19.9. The summed E-state index contributed by atoms with van der Waals surface area (Å²) in [6.07, 6.45) is 1.40. The van der Waals surface area contributed by atoms with E-state index in [1.165, 1.54) is 49.6 Å². The first-order valence-corrected chi connectivity index (χ1v) is 10.9. The number of non-ortho nitro benzene ring substituents is 1.